The SMILES string of the molecule is CC(=O)N(CCC(=O)Nc1cc(C)ccc1C)Cc1ccc(F)cc1. The summed E-state index contributed by atoms with van der Waals surface area (Å²) >= 11 is 0. The van der Waals surface area contributed by atoms with Gasteiger partial charge in [-0.25, -0.2) is 4.39 Å². The molecule has 2 aromatic rings. The van der Waals surface area contributed by atoms with Crippen molar-refractivity contribution in [1.29, 1.82) is 0 Å². The molecular formula is C20H23FN2O2. The Kier molecular flexibility index (Phi) is 6.28. The number of amides is 2. The highest BCUT2D eigenvalue weighted by molar-refractivity contribution is 5.92. The van der Waals surface area contributed by atoms with Crippen molar-refractivity contribution in [2.75, 3.05) is 11.9 Å². The van der Waals surface area contributed by atoms with Crippen LogP contribution in [0.25, 0.3) is 0 Å². The summed E-state index contributed by atoms with van der Waals surface area (Å²) in [6.07, 6.45) is 0.203. The van der Waals surface area contributed by atoms with Gasteiger partial charge in [-0.15, -0.1) is 0 Å². The van der Waals surface area contributed by atoms with Gasteiger partial charge in [0.15, 0.2) is 0 Å². The monoisotopic (exact) mass is 342 g/mol. The second-order valence-corrected chi connectivity index (χ2v) is 6.18. The lowest BCUT2D eigenvalue weighted by atomic mass is 10.1. The summed E-state index contributed by atoms with van der Waals surface area (Å²) in [6, 6.07) is 11.9. The lowest BCUT2D eigenvalue weighted by Crippen LogP contribution is -2.31. The number of benzene rings is 2. The summed E-state index contributed by atoms with van der Waals surface area (Å²) in [6.45, 7) is 6.03. The highest BCUT2D eigenvalue weighted by Gasteiger charge is 2.13. The van der Waals surface area contributed by atoms with Crippen LogP contribution in [0.1, 0.15) is 30.0 Å². The fraction of sp³-hybridized carbons (Fsp3) is 0.300. The van der Waals surface area contributed by atoms with E-state index in [-0.39, 0.29) is 24.1 Å². The average Bonchev–Trinajstić information content (AvgIpc) is 2.56. The first kappa shape index (κ1) is 18.6. The van der Waals surface area contributed by atoms with E-state index in [0.717, 1.165) is 22.4 Å². The van der Waals surface area contributed by atoms with Gasteiger partial charge in [-0.3, -0.25) is 9.59 Å². The van der Waals surface area contributed by atoms with Gasteiger partial charge >= 0.3 is 0 Å². The largest absolute Gasteiger partial charge is 0.338 e. The third kappa shape index (κ3) is 5.71. The van der Waals surface area contributed by atoms with Crippen molar-refractivity contribution in [2.24, 2.45) is 0 Å². The van der Waals surface area contributed by atoms with E-state index in [2.05, 4.69) is 5.32 Å². The van der Waals surface area contributed by atoms with Gasteiger partial charge in [0, 0.05) is 32.1 Å². The molecule has 2 amide bonds. The first-order valence-corrected chi connectivity index (χ1v) is 8.22. The summed E-state index contributed by atoms with van der Waals surface area (Å²) in [4.78, 5) is 25.6. The van der Waals surface area contributed by atoms with Crippen LogP contribution < -0.4 is 5.32 Å². The Balaban J connectivity index is 1.93. The zero-order valence-corrected chi connectivity index (χ0v) is 14.8. The number of carbonyl (C=O) groups excluding carboxylic acids is 2. The molecule has 132 valence electrons. The maximum Gasteiger partial charge on any atom is 0.226 e. The van der Waals surface area contributed by atoms with Crippen LogP contribution in [0.5, 0.6) is 0 Å². The van der Waals surface area contributed by atoms with Crippen LogP contribution in [-0.4, -0.2) is 23.3 Å². The lowest BCUT2D eigenvalue weighted by molar-refractivity contribution is -0.129. The van der Waals surface area contributed by atoms with Gasteiger partial charge in [-0.05, 0) is 48.7 Å². The number of hydrogen-bond donors (Lipinski definition) is 1. The number of hydrogen-bond acceptors (Lipinski definition) is 2. The number of nitrogens with zero attached hydrogens (tertiary/aromatic N) is 1. The molecule has 2 rings (SSSR count). The molecule has 0 spiro atoms. The van der Waals surface area contributed by atoms with Gasteiger partial charge in [-0.2, -0.15) is 0 Å². The van der Waals surface area contributed by atoms with E-state index in [1.807, 2.05) is 32.0 Å². The minimum absolute atomic E-state index is 0.121. The lowest BCUT2D eigenvalue weighted by Gasteiger charge is -2.21. The number of nitrogens with one attached hydrogen (secondary N) is 1. The van der Waals surface area contributed by atoms with Gasteiger partial charge in [0.25, 0.3) is 0 Å². The fourth-order valence-electron chi connectivity index (χ4n) is 2.48. The number of anilines is 1. The maximum absolute atomic E-state index is 13.0. The molecule has 5 heteroatoms. The average molecular weight is 342 g/mol. The Labute approximate surface area is 147 Å². The molecule has 0 fully saturated rings. The number of halogens is 1. The Bertz CT molecular complexity index is 757. The molecule has 0 aromatic heterocycles. The van der Waals surface area contributed by atoms with Gasteiger partial charge in [0.05, 0.1) is 0 Å². The van der Waals surface area contributed by atoms with Crippen molar-refractivity contribution < 1.29 is 14.0 Å². The van der Waals surface area contributed by atoms with Crippen LogP contribution in [0.15, 0.2) is 42.5 Å². The predicted octanol–water partition coefficient (Wildman–Crippen LogP) is 3.82. The molecular weight excluding hydrogens is 319 g/mol. The number of aryl methyl sites for hydroxylation is 2. The number of rotatable bonds is 6. The summed E-state index contributed by atoms with van der Waals surface area (Å²) in [5.74, 6) is -0.575. The van der Waals surface area contributed by atoms with Crippen molar-refractivity contribution in [3.63, 3.8) is 0 Å². The zero-order chi connectivity index (χ0) is 18.4. The van der Waals surface area contributed by atoms with Crippen LogP contribution in [0.2, 0.25) is 0 Å². The molecule has 0 aliphatic carbocycles. The van der Waals surface area contributed by atoms with E-state index < -0.39 is 0 Å². The van der Waals surface area contributed by atoms with Crippen LogP contribution in [0.3, 0.4) is 0 Å². The second-order valence-electron chi connectivity index (χ2n) is 6.18. The molecule has 4 nitrogen and oxygen atoms in total. The third-order valence-corrected chi connectivity index (χ3v) is 4.01. The van der Waals surface area contributed by atoms with Crippen LogP contribution >= 0.6 is 0 Å². The minimum atomic E-state index is -0.314. The molecule has 0 saturated heterocycles. The molecule has 25 heavy (non-hydrogen) atoms. The standard InChI is InChI=1S/C20H23FN2O2/c1-14-4-5-15(2)19(12-14)22-20(25)10-11-23(16(3)24)13-17-6-8-18(21)9-7-17/h4-9,12H,10-11,13H2,1-3H3,(H,22,25). The first-order valence-electron chi connectivity index (χ1n) is 8.22. The Morgan fingerprint density at radius 1 is 1.08 bits per heavy atom. The summed E-state index contributed by atoms with van der Waals surface area (Å²) in [5.41, 5.74) is 3.68. The molecule has 0 heterocycles. The third-order valence-electron chi connectivity index (χ3n) is 4.01. The van der Waals surface area contributed by atoms with E-state index in [0.29, 0.717) is 13.1 Å². The zero-order valence-electron chi connectivity index (χ0n) is 14.8. The van der Waals surface area contributed by atoms with Gasteiger partial charge < -0.3 is 10.2 Å². The van der Waals surface area contributed by atoms with Crippen molar-refractivity contribution in [1.82, 2.24) is 4.90 Å². The second kappa shape index (κ2) is 8.42. The minimum Gasteiger partial charge on any atom is -0.338 e. The van der Waals surface area contributed by atoms with E-state index in [4.69, 9.17) is 0 Å². The Morgan fingerprint density at radius 3 is 2.40 bits per heavy atom. The van der Waals surface area contributed by atoms with Gasteiger partial charge in [-0.1, -0.05) is 24.3 Å². The molecule has 0 aliphatic heterocycles. The molecule has 0 bridgehead atoms. The summed E-state index contributed by atoms with van der Waals surface area (Å²) in [5, 5.41) is 2.89. The predicted molar refractivity (Wildman–Crippen MR) is 96.7 cm³/mol. The highest BCUT2D eigenvalue weighted by atomic mass is 19.1. The molecule has 0 unspecified atom stereocenters. The normalized spacial score (nSPS) is 10.4. The summed E-state index contributed by atoms with van der Waals surface area (Å²) < 4.78 is 13.0. The van der Waals surface area contributed by atoms with Gasteiger partial charge in [0.1, 0.15) is 5.82 Å². The molecule has 2 aromatic carbocycles. The molecule has 0 atom stereocenters. The number of carbonyl (C=O) groups is 2. The Morgan fingerprint density at radius 2 is 1.76 bits per heavy atom. The molecule has 0 radical (unpaired) electrons. The smallest absolute Gasteiger partial charge is 0.226 e. The van der Waals surface area contributed by atoms with E-state index >= 15 is 0 Å². The fourth-order valence-corrected chi connectivity index (χ4v) is 2.48. The Hall–Kier alpha value is -2.69. The van der Waals surface area contributed by atoms with Gasteiger partial charge in [0.2, 0.25) is 11.8 Å². The molecule has 0 aliphatic rings. The van der Waals surface area contributed by atoms with Crippen molar-refractivity contribution in [2.45, 2.75) is 33.7 Å². The van der Waals surface area contributed by atoms with Crippen molar-refractivity contribution in [3.8, 4) is 0 Å². The summed E-state index contributed by atoms with van der Waals surface area (Å²) in [7, 11) is 0. The van der Waals surface area contributed by atoms with Crippen LogP contribution in [0.4, 0.5) is 10.1 Å². The quantitative estimate of drug-likeness (QED) is 0.867. The maximum atomic E-state index is 13.0. The topological polar surface area (TPSA) is 49.4 Å². The van der Waals surface area contributed by atoms with Crippen molar-refractivity contribution >= 4 is 17.5 Å². The van der Waals surface area contributed by atoms with Crippen molar-refractivity contribution in [3.05, 3.63) is 65.0 Å². The van der Waals surface area contributed by atoms with Crippen LogP contribution in [-0.2, 0) is 16.1 Å². The highest BCUT2D eigenvalue weighted by Crippen LogP contribution is 2.16. The molecule has 1 N–H and O–H groups in total. The molecule has 0 saturated carbocycles. The van der Waals surface area contributed by atoms with E-state index in [1.165, 1.54) is 19.1 Å². The van der Waals surface area contributed by atoms with Crippen LogP contribution in [0, 0.1) is 19.7 Å². The van der Waals surface area contributed by atoms with E-state index in [1.54, 1.807) is 17.0 Å². The van der Waals surface area contributed by atoms with E-state index in [9.17, 15) is 14.0 Å². The first-order chi connectivity index (χ1) is 11.8.